The quantitative estimate of drug-likeness (QED) is 0.425. The lowest BCUT2D eigenvalue weighted by Gasteiger charge is -2.22. The molecule has 2 N–H and O–H groups in total. The maximum Gasteiger partial charge on any atom is 0.204 e. The molecule has 29 heavy (non-hydrogen) atoms. The summed E-state index contributed by atoms with van der Waals surface area (Å²) in [5, 5.41) is 0. The molecule has 0 aromatic heterocycles. The van der Waals surface area contributed by atoms with Crippen LogP contribution >= 0.6 is 0 Å². The van der Waals surface area contributed by atoms with Gasteiger partial charge in [0.2, 0.25) is 5.75 Å². The standard InChI is InChI=1S/C23H27NO5/c1-5-27-20-13-15(6-8-18(20)24)21(25)17(14(2)3)12-16-7-9-19-23(22(16)26-4)29-11-10-28-19/h6-9,12-14H,5,10-11,24H2,1-4H3/b17-12+. The molecule has 0 radical (unpaired) electrons. The number of ether oxygens (including phenoxy) is 4. The Labute approximate surface area is 171 Å². The summed E-state index contributed by atoms with van der Waals surface area (Å²) in [4.78, 5) is 13.3. The number of nitrogens with two attached hydrogens (primary N) is 1. The molecular weight excluding hydrogens is 370 g/mol. The number of benzene rings is 2. The highest BCUT2D eigenvalue weighted by Gasteiger charge is 2.22. The van der Waals surface area contributed by atoms with Crippen LogP contribution in [-0.2, 0) is 0 Å². The van der Waals surface area contributed by atoms with E-state index in [0.717, 1.165) is 5.56 Å². The van der Waals surface area contributed by atoms with Crippen LogP contribution in [-0.4, -0.2) is 32.7 Å². The fourth-order valence-electron chi connectivity index (χ4n) is 3.21. The van der Waals surface area contributed by atoms with Gasteiger partial charge in [-0.25, -0.2) is 0 Å². The largest absolute Gasteiger partial charge is 0.492 e. The van der Waals surface area contributed by atoms with E-state index in [9.17, 15) is 4.79 Å². The molecule has 0 aliphatic carbocycles. The van der Waals surface area contributed by atoms with Crippen LogP contribution < -0.4 is 24.7 Å². The number of hydrogen-bond acceptors (Lipinski definition) is 6. The Morgan fingerprint density at radius 3 is 2.66 bits per heavy atom. The van der Waals surface area contributed by atoms with Crippen LogP contribution in [0, 0.1) is 5.92 Å². The number of anilines is 1. The second-order valence-corrected chi connectivity index (χ2v) is 6.98. The van der Waals surface area contributed by atoms with Gasteiger partial charge < -0.3 is 24.7 Å². The third-order valence-corrected chi connectivity index (χ3v) is 4.67. The number of Topliss-reactive ketones (excluding diaryl/α,β-unsaturated/α-hetero) is 1. The second kappa shape index (κ2) is 8.90. The molecule has 6 heteroatoms. The molecule has 3 rings (SSSR count). The van der Waals surface area contributed by atoms with E-state index in [4.69, 9.17) is 24.7 Å². The monoisotopic (exact) mass is 397 g/mol. The predicted octanol–water partition coefficient (Wildman–Crippen LogP) is 4.37. The molecule has 0 atom stereocenters. The first-order chi connectivity index (χ1) is 14.0. The smallest absolute Gasteiger partial charge is 0.204 e. The van der Waals surface area contributed by atoms with Crippen LogP contribution in [0.5, 0.6) is 23.0 Å². The molecule has 2 aromatic carbocycles. The first kappa shape index (κ1) is 20.6. The third-order valence-electron chi connectivity index (χ3n) is 4.67. The van der Waals surface area contributed by atoms with E-state index in [1.807, 2.05) is 39.0 Å². The highest BCUT2D eigenvalue weighted by molar-refractivity contribution is 6.12. The third kappa shape index (κ3) is 4.31. The van der Waals surface area contributed by atoms with Crippen molar-refractivity contribution < 1.29 is 23.7 Å². The fraction of sp³-hybridized carbons (Fsp3) is 0.348. The zero-order valence-corrected chi connectivity index (χ0v) is 17.3. The lowest BCUT2D eigenvalue weighted by Crippen LogP contribution is -2.16. The average molecular weight is 397 g/mol. The summed E-state index contributed by atoms with van der Waals surface area (Å²) in [5.41, 5.74) is 8.38. The Morgan fingerprint density at radius 2 is 1.97 bits per heavy atom. The van der Waals surface area contributed by atoms with Gasteiger partial charge in [-0.2, -0.15) is 0 Å². The summed E-state index contributed by atoms with van der Waals surface area (Å²) in [5.74, 6) is 2.18. The summed E-state index contributed by atoms with van der Waals surface area (Å²) in [6.07, 6.45) is 1.85. The minimum Gasteiger partial charge on any atom is -0.492 e. The molecule has 0 bridgehead atoms. The minimum absolute atomic E-state index is 0.00602. The molecule has 0 unspecified atom stereocenters. The Bertz CT molecular complexity index is 933. The summed E-state index contributed by atoms with van der Waals surface area (Å²) < 4.78 is 22.5. The summed E-state index contributed by atoms with van der Waals surface area (Å²) in [6.45, 7) is 7.27. The van der Waals surface area contributed by atoms with Gasteiger partial charge in [-0.1, -0.05) is 13.8 Å². The van der Waals surface area contributed by atoms with Gasteiger partial charge in [-0.3, -0.25) is 4.79 Å². The molecule has 2 aromatic rings. The Morgan fingerprint density at radius 1 is 1.21 bits per heavy atom. The van der Waals surface area contributed by atoms with Crippen molar-refractivity contribution in [2.75, 3.05) is 32.7 Å². The number of carbonyl (C=O) groups is 1. The van der Waals surface area contributed by atoms with Crippen LogP contribution in [0.3, 0.4) is 0 Å². The van der Waals surface area contributed by atoms with Gasteiger partial charge in [-0.05, 0) is 49.2 Å². The van der Waals surface area contributed by atoms with Crippen molar-refractivity contribution in [3.05, 3.63) is 47.0 Å². The van der Waals surface area contributed by atoms with E-state index in [-0.39, 0.29) is 11.7 Å². The van der Waals surface area contributed by atoms with Crippen LogP contribution in [0.25, 0.3) is 6.08 Å². The number of rotatable bonds is 7. The number of fused-ring (bicyclic) bond motifs is 1. The van der Waals surface area contributed by atoms with Crippen molar-refractivity contribution in [3.63, 3.8) is 0 Å². The van der Waals surface area contributed by atoms with Crippen molar-refractivity contribution in [1.82, 2.24) is 0 Å². The van der Waals surface area contributed by atoms with Crippen LogP contribution in [0.2, 0.25) is 0 Å². The van der Waals surface area contributed by atoms with Gasteiger partial charge in [0.1, 0.15) is 19.0 Å². The van der Waals surface area contributed by atoms with Crippen molar-refractivity contribution in [3.8, 4) is 23.0 Å². The van der Waals surface area contributed by atoms with Crippen LogP contribution in [0.4, 0.5) is 5.69 Å². The first-order valence-corrected chi connectivity index (χ1v) is 9.71. The first-order valence-electron chi connectivity index (χ1n) is 9.71. The lowest BCUT2D eigenvalue weighted by molar-refractivity contribution is 0.102. The maximum absolute atomic E-state index is 13.3. The molecule has 1 aliphatic heterocycles. The number of methoxy groups -OCH3 is 1. The normalized spacial score (nSPS) is 13.3. The van der Waals surface area contributed by atoms with Crippen molar-refractivity contribution in [2.24, 2.45) is 5.92 Å². The molecule has 0 spiro atoms. The van der Waals surface area contributed by atoms with Crippen molar-refractivity contribution >= 4 is 17.5 Å². The molecule has 0 fully saturated rings. The molecule has 6 nitrogen and oxygen atoms in total. The molecule has 0 saturated carbocycles. The van der Waals surface area contributed by atoms with E-state index < -0.39 is 0 Å². The molecule has 1 heterocycles. The number of hydrogen-bond donors (Lipinski definition) is 1. The molecule has 154 valence electrons. The number of carbonyl (C=O) groups excluding carboxylic acids is 1. The zero-order chi connectivity index (χ0) is 21.0. The summed E-state index contributed by atoms with van der Waals surface area (Å²) in [6, 6.07) is 8.81. The van der Waals surface area contributed by atoms with Crippen LogP contribution in [0.1, 0.15) is 36.7 Å². The van der Waals surface area contributed by atoms with E-state index in [2.05, 4.69) is 0 Å². The maximum atomic E-state index is 13.3. The van der Waals surface area contributed by atoms with Gasteiger partial charge in [0.15, 0.2) is 17.3 Å². The van der Waals surface area contributed by atoms with Gasteiger partial charge in [0.25, 0.3) is 0 Å². The predicted molar refractivity (Wildman–Crippen MR) is 113 cm³/mol. The molecule has 0 saturated heterocycles. The van der Waals surface area contributed by atoms with Crippen LogP contribution in [0.15, 0.2) is 35.9 Å². The minimum atomic E-state index is -0.0853. The molecule has 0 amide bonds. The number of ketones is 1. The SMILES string of the molecule is CCOc1cc(C(=O)/C(=C/c2ccc3c(c2OC)OCCO3)C(C)C)ccc1N. The number of nitrogen functional groups attached to an aromatic ring is 1. The summed E-state index contributed by atoms with van der Waals surface area (Å²) in [7, 11) is 1.58. The second-order valence-electron chi connectivity index (χ2n) is 6.98. The Balaban J connectivity index is 2.03. The van der Waals surface area contributed by atoms with E-state index in [0.29, 0.717) is 59.6 Å². The highest BCUT2D eigenvalue weighted by Crippen LogP contribution is 2.43. The van der Waals surface area contributed by atoms with Gasteiger partial charge >= 0.3 is 0 Å². The Hall–Kier alpha value is -3.15. The Kier molecular flexibility index (Phi) is 6.32. The van der Waals surface area contributed by atoms with E-state index >= 15 is 0 Å². The average Bonchev–Trinajstić information content (AvgIpc) is 2.72. The van der Waals surface area contributed by atoms with Gasteiger partial charge in [0.05, 0.1) is 19.4 Å². The lowest BCUT2D eigenvalue weighted by atomic mass is 9.92. The van der Waals surface area contributed by atoms with E-state index in [1.165, 1.54) is 0 Å². The molecule has 1 aliphatic rings. The van der Waals surface area contributed by atoms with Gasteiger partial charge in [-0.15, -0.1) is 0 Å². The number of allylic oxidation sites excluding steroid dienone is 1. The molecular formula is C23H27NO5. The van der Waals surface area contributed by atoms with E-state index in [1.54, 1.807) is 25.3 Å². The highest BCUT2D eigenvalue weighted by atomic mass is 16.6. The topological polar surface area (TPSA) is 80.0 Å². The van der Waals surface area contributed by atoms with Crippen molar-refractivity contribution in [2.45, 2.75) is 20.8 Å². The van der Waals surface area contributed by atoms with Crippen molar-refractivity contribution in [1.29, 1.82) is 0 Å². The summed E-state index contributed by atoms with van der Waals surface area (Å²) >= 11 is 0. The zero-order valence-electron chi connectivity index (χ0n) is 17.3. The van der Waals surface area contributed by atoms with Gasteiger partial charge in [0, 0.05) is 16.7 Å². The fourth-order valence-corrected chi connectivity index (χ4v) is 3.21.